The number of hydrogen-bond acceptors (Lipinski definition) is 4. The second-order valence-electron chi connectivity index (χ2n) is 8.14. The Kier molecular flexibility index (Phi) is 6.69. The van der Waals surface area contributed by atoms with E-state index in [1.54, 1.807) is 11.0 Å². The van der Waals surface area contributed by atoms with Gasteiger partial charge in [-0.3, -0.25) is 9.80 Å². The molecule has 4 amide bonds. The Morgan fingerprint density at radius 1 is 1.00 bits per heavy atom. The van der Waals surface area contributed by atoms with Crippen LogP contribution in [0.15, 0.2) is 48.5 Å². The summed E-state index contributed by atoms with van der Waals surface area (Å²) in [4.78, 5) is 30.6. The van der Waals surface area contributed by atoms with Crippen LogP contribution in [-0.4, -0.2) is 68.2 Å². The van der Waals surface area contributed by atoms with Crippen LogP contribution < -0.4 is 20.9 Å². The standard InChI is InChI=1S/C23H30N6O2/c1-27-11-13-28(14-12-27)17-19-7-5-18(6-8-19)16-25-22(30)26-20-3-2-4-21(15-20)29-10-9-24-23(29)31/h2-8,15H,9-14,16-17H2,1H3,(H,24,31)(H2,25,26,30). The topological polar surface area (TPSA) is 80.0 Å². The molecule has 4 rings (SSSR count). The zero-order chi connectivity index (χ0) is 21.6. The average Bonchev–Trinajstić information content (AvgIpc) is 3.21. The molecule has 3 N–H and O–H groups in total. The number of carbonyl (C=O) groups is 2. The fourth-order valence-corrected chi connectivity index (χ4v) is 3.85. The van der Waals surface area contributed by atoms with Crippen molar-refractivity contribution in [1.82, 2.24) is 20.4 Å². The zero-order valence-electron chi connectivity index (χ0n) is 17.9. The molecule has 2 aromatic carbocycles. The number of piperazine rings is 1. The van der Waals surface area contributed by atoms with E-state index in [1.807, 2.05) is 18.2 Å². The van der Waals surface area contributed by atoms with Gasteiger partial charge in [-0.1, -0.05) is 30.3 Å². The largest absolute Gasteiger partial charge is 0.336 e. The molecular formula is C23H30N6O2. The van der Waals surface area contributed by atoms with Gasteiger partial charge in [-0.15, -0.1) is 0 Å². The van der Waals surface area contributed by atoms with Crippen molar-refractivity contribution in [3.8, 4) is 0 Å². The third kappa shape index (κ3) is 5.74. The second kappa shape index (κ2) is 9.80. The minimum atomic E-state index is -0.274. The highest BCUT2D eigenvalue weighted by Gasteiger charge is 2.21. The molecule has 2 aromatic rings. The van der Waals surface area contributed by atoms with Gasteiger partial charge in [0, 0.05) is 63.7 Å². The number of anilines is 2. The maximum atomic E-state index is 12.3. The predicted molar refractivity (Wildman–Crippen MR) is 122 cm³/mol. The molecule has 31 heavy (non-hydrogen) atoms. The minimum absolute atomic E-state index is 0.113. The molecule has 2 heterocycles. The van der Waals surface area contributed by atoms with Crippen molar-refractivity contribution in [1.29, 1.82) is 0 Å². The maximum absolute atomic E-state index is 12.3. The van der Waals surface area contributed by atoms with E-state index in [4.69, 9.17) is 0 Å². The number of nitrogens with zero attached hydrogens (tertiary/aromatic N) is 3. The number of likely N-dealkylation sites (N-methyl/N-ethyl adjacent to an activating group) is 1. The lowest BCUT2D eigenvalue weighted by molar-refractivity contribution is 0.148. The van der Waals surface area contributed by atoms with Crippen LogP contribution in [0.5, 0.6) is 0 Å². The quantitative estimate of drug-likeness (QED) is 0.667. The van der Waals surface area contributed by atoms with Gasteiger partial charge in [-0.05, 0) is 36.4 Å². The number of benzene rings is 2. The number of nitrogens with one attached hydrogen (secondary N) is 3. The maximum Gasteiger partial charge on any atom is 0.321 e. The molecule has 2 saturated heterocycles. The Morgan fingerprint density at radius 3 is 2.45 bits per heavy atom. The second-order valence-corrected chi connectivity index (χ2v) is 8.14. The third-order valence-electron chi connectivity index (χ3n) is 5.75. The zero-order valence-corrected chi connectivity index (χ0v) is 17.9. The molecular weight excluding hydrogens is 392 g/mol. The number of amides is 4. The summed E-state index contributed by atoms with van der Waals surface area (Å²) in [5.74, 6) is 0. The van der Waals surface area contributed by atoms with Gasteiger partial charge in [-0.25, -0.2) is 9.59 Å². The molecule has 0 unspecified atom stereocenters. The highest BCUT2D eigenvalue weighted by molar-refractivity contribution is 5.95. The molecule has 0 radical (unpaired) electrons. The Bertz CT molecular complexity index is 909. The monoisotopic (exact) mass is 422 g/mol. The van der Waals surface area contributed by atoms with Crippen LogP contribution in [0, 0.1) is 0 Å². The van der Waals surface area contributed by atoms with E-state index in [2.05, 4.69) is 57.1 Å². The molecule has 0 aliphatic carbocycles. The van der Waals surface area contributed by atoms with Gasteiger partial charge in [0.05, 0.1) is 0 Å². The number of urea groups is 2. The molecule has 0 spiro atoms. The summed E-state index contributed by atoms with van der Waals surface area (Å²) in [5.41, 5.74) is 3.77. The molecule has 164 valence electrons. The van der Waals surface area contributed by atoms with Crippen molar-refractivity contribution in [3.05, 3.63) is 59.7 Å². The van der Waals surface area contributed by atoms with Crippen molar-refractivity contribution < 1.29 is 9.59 Å². The average molecular weight is 423 g/mol. The summed E-state index contributed by atoms with van der Waals surface area (Å²) in [5, 5.41) is 8.51. The van der Waals surface area contributed by atoms with E-state index >= 15 is 0 Å². The van der Waals surface area contributed by atoms with Gasteiger partial charge >= 0.3 is 12.1 Å². The van der Waals surface area contributed by atoms with Crippen LogP contribution in [0.3, 0.4) is 0 Å². The van der Waals surface area contributed by atoms with Crippen LogP contribution in [-0.2, 0) is 13.1 Å². The van der Waals surface area contributed by atoms with E-state index in [-0.39, 0.29) is 12.1 Å². The molecule has 0 atom stereocenters. The van der Waals surface area contributed by atoms with Crippen LogP contribution >= 0.6 is 0 Å². The first-order chi connectivity index (χ1) is 15.1. The Labute approximate surface area is 183 Å². The van der Waals surface area contributed by atoms with E-state index in [0.29, 0.717) is 25.3 Å². The number of hydrogen-bond donors (Lipinski definition) is 3. The van der Waals surface area contributed by atoms with Crippen molar-refractivity contribution in [2.75, 3.05) is 56.5 Å². The van der Waals surface area contributed by atoms with Crippen molar-refractivity contribution in [2.45, 2.75) is 13.1 Å². The molecule has 0 aromatic heterocycles. The fourth-order valence-electron chi connectivity index (χ4n) is 3.85. The van der Waals surface area contributed by atoms with Crippen molar-refractivity contribution in [2.24, 2.45) is 0 Å². The lowest BCUT2D eigenvalue weighted by Crippen LogP contribution is -2.43. The lowest BCUT2D eigenvalue weighted by Gasteiger charge is -2.32. The van der Waals surface area contributed by atoms with E-state index in [0.717, 1.165) is 44.0 Å². The van der Waals surface area contributed by atoms with E-state index in [1.165, 1.54) is 5.56 Å². The summed E-state index contributed by atoms with van der Waals surface area (Å²) in [6.07, 6.45) is 0. The molecule has 2 aliphatic rings. The highest BCUT2D eigenvalue weighted by atomic mass is 16.2. The van der Waals surface area contributed by atoms with Gasteiger partial charge in [0.2, 0.25) is 0 Å². The first-order valence-corrected chi connectivity index (χ1v) is 10.8. The van der Waals surface area contributed by atoms with Crippen molar-refractivity contribution in [3.63, 3.8) is 0 Å². The normalized spacial score (nSPS) is 17.5. The summed E-state index contributed by atoms with van der Waals surface area (Å²) in [7, 11) is 2.16. The molecule has 2 fully saturated rings. The summed E-state index contributed by atoms with van der Waals surface area (Å²) < 4.78 is 0. The van der Waals surface area contributed by atoms with Crippen LogP contribution in [0.2, 0.25) is 0 Å². The highest BCUT2D eigenvalue weighted by Crippen LogP contribution is 2.21. The van der Waals surface area contributed by atoms with Gasteiger partial charge in [-0.2, -0.15) is 0 Å². The van der Waals surface area contributed by atoms with E-state index in [9.17, 15) is 9.59 Å². The first kappa shape index (κ1) is 21.1. The lowest BCUT2D eigenvalue weighted by atomic mass is 10.1. The van der Waals surface area contributed by atoms with Crippen LogP contribution in [0.25, 0.3) is 0 Å². The van der Waals surface area contributed by atoms with E-state index < -0.39 is 0 Å². The van der Waals surface area contributed by atoms with Gasteiger partial charge in [0.25, 0.3) is 0 Å². The Balaban J connectivity index is 1.25. The Hall–Kier alpha value is -3.10. The molecule has 8 nitrogen and oxygen atoms in total. The number of carbonyl (C=O) groups excluding carboxylic acids is 2. The summed E-state index contributed by atoms with van der Waals surface area (Å²) in [6.45, 7) is 7.11. The summed E-state index contributed by atoms with van der Waals surface area (Å²) in [6, 6.07) is 15.3. The first-order valence-electron chi connectivity index (χ1n) is 10.8. The van der Waals surface area contributed by atoms with Gasteiger partial charge in [0.15, 0.2) is 0 Å². The van der Waals surface area contributed by atoms with Crippen LogP contribution in [0.4, 0.5) is 21.0 Å². The molecule has 2 aliphatic heterocycles. The van der Waals surface area contributed by atoms with Gasteiger partial charge < -0.3 is 20.9 Å². The number of rotatable bonds is 6. The smallest absolute Gasteiger partial charge is 0.321 e. The van der Waals surface area contributed by atoms with Crippen LogP contribution in [0.1, 0.15) is 11.1 Å². The molecule has 8 heteroatoms. The van der Waals surface area contributed by atoms with Gasteiger partial charge in [0.1, 0.15) is 0 Å². The summed E-state index contributed by atoms with van der Waals surface area (Å²) >= 11 is 0. The predicted octanol–water partition coefficient (Wildman–Crippen LogP) is 2.29. The molecule has 0 bridgehead atoms. The minimum Gasteiger partial charge on any atom is -0.336 e. The SMILES string of the molecule is CN1CCN(Cc2ccc(CNC(=O)Nc3cccc(N4CCNC4=O)c3)cc2)CC1. The third-order valence-corrected chi connectivity index (χ3v) is 5.75. The molecule has 0 saturated carbocycles. The Morgan fingerprint density at radius 2 is 1.74 bits per heavy atom. The van der Waals surface area contributed by atoms with Crippen molar-refractivity contribution >= 4 is 23.4 Å². The fraction of sp³-hybridized carbons (Fsp3) is 0.391.